The molecular weight excluding hydrogens is 240 g/mol. The fourth-order valence-electron chi connectivity index (χ4n) is 2.06. The van der Waals surface area contributed by atoms with E-state index in [9.17, 15) is 0 Å². The third kappa shape index (κ3) is 7.04. The molecule has 0 aliphatic heterocycles. The molecule has 1 aromatic carbocycles. The van der Waals surface area contributed by atoms with Crippen molar-refractivity contribution in [1.29, 1.82) is 0 Å². The Morgan fingerprint density at radius 1 is 1.28 bits per heavy atom. The fourth-order valence-corrected chi connectivity index (χ4v) is 2.48. The van der Waals surface area contributed by atoms with Crippen molar-refractivity contribution in [2.45, 2.75) is 25.3 Å². The lowest BCUT2D eigenvalue weighted by molar-refractivity contribution is 0.306. The monoisotopic (exact) mass is 266 g/mol. The van der Waals surface area contributed by atoms with Crippen molar-refractivity contribution in [1.82, 2.24) is 4.90 Å². The summed E-state index contributed by atoms with van der Waals surface area (Å²) in [5.74, 6) is 1.24. The molecule has 0 bridgehead atoms. The third-order valence-electron chi connectivity index (χ3n) is 3.08. The van der Waals surface area contributed by atoms with Crippen LogP contribution in [0.25, 0.3) is 0 Å². The standard InChI is InChI=1S/C15H26N2S/c1-17(11-6-12-18-2)13-15(16)10-9-14-7-4-3-5-8-14/h3-5,7-8,15H,6,9-13,16H2,1-2H3/t15-/m0/s1. The molecule has 1 atom stereocenters. The van der Waals surface area contributed by atoms with Gasteiger partial charge in [-0.25, -0.2) is 0 Å². The lowest BCUT2D eigenvalue weighted by atomic mass is 10.1. The van der Waals surface area contributed by atoms with Crippen LogP contribution in [0.4, 0.5) is 0 Å². The molecule has 0 aromatic heterocycles. The van der Waals surface area contributed by atoms with Crippen LogP contribution in [0.5, 0.6) is 0 Å². The van der Waals surface area contributed by atoms with Crippen molar-refractivity contribution in [2.24, 2.45) is 5.73 Å². The summed E-state index contributed by atoms with van der Waals surface area (Å²) < 4.78 is 0. The van der Waals surface area contributed by atoms with Gasteiger partial charge in [-0.15, -0.1) is 0 Å². The van der Waals surface area contributed by atoms with Crippen molar-refractivity contribution < 1.29 is 0 Å². The van der Waals surface area contributed by atoms with Crippen molar-refractivity contribution in [3.8, 4) is 0 Å². The molecule has 0 aliphatic rings. The second-order valence-electron chi connectivity index (χ2n) is 4.89. The zero-order chi connectivity index (χ0) is 13.2. The second kappa shape index (κ2) is 9.42. The van der Waals surface area contributed by atoms with E-state index in [4.69, 9.17) is 5.73 Å². The number of nitrogens with zero attached hydrogens (tertiary/aromatic N) is 1. The molecule has 0 fully saturated rings. The molecule has 102 valence electrons. The number of hydrogen-bond acceptors (Lipinski definition) is 3. The number of aryl methyl sites for hydroxylation is 1. The van der Waals surface area contributed by atoms with E-state index in [-0.39, 0.29) is 6.04 Å². The second-order valence-corrected chi connectivity index (χ2v) is 5.88. The molecule has 2 nitrogen and oxygen atoms in total. The molecule has 0 amide bonds. The molecule has 0 radical (unpaired) electrons. The highest BCUT2D eigenvalue weighted by molar-refractivity contribution is 7.98. The van der Waals surface area contributed by atoms with Gasteiger partial charge >= 0.3 is 0 Å². The quantitative estimate of drug-likeness (QED) is 0.697. The van der Waals surface area contributed by atoms with Crippen molar-refractivity contribution >= 4 is 11.8 Å². The number of rotatable bonds is 9. The number of benzene rings is 1. The van der Waals surface area contributed by atoms with Gasteiger partial charge < -0.3 is 10.6 Å². The fraction of sp³-hybridized carbons (Fsp3) is 0.600. The molecular formula is C15H26N2S. The maximum Gasteiger partial charge on any atom is 0.0170 e. The maximum absolute atomic E-state index is 6.18. The molecule has 1 aromatic rings. The molecule has 0 saturated carbocycles. The summed E-state index contributed by atoms with van der Waals surface area (Å²) >= 11 is 1.91. The van der Waals surface area contributed by atoms with Gasteiger partial charge in [0.1, 0.15) is 0 Å². The molecule has 2 N–H and O–H groups in total. The zero-order valence-corrected chi connectivity index (χ0v) is 12.5. The largest absolute Gasteiger partial charge is 0.327 e. The van der Waals surface area contributed by atoms with E-state index >= 15 is 0 Å². The summed E-state index contributed by atoms with van der Waals surface area (Å²) in [4.78, 5) is 2.35. The highest BCUT2D eigenvalue weighted by Gasteiger charge is 2.06. The first kappa shape index (κ1) is 15.5. The zero-order valence-electron chi connectivity index (χ0n) is 11.6. The van der Waals surface area contributed by atoms with E-state index in [2.05, 4.69) is 48.5 Å². The lowest BCUT2D eigenvalue weighted by Gasteiger charge is -2.21. The van der Waals surface area contributed by atoms with Crippen LogP contribution in [-0.4, -0.2) is 43.1 Å². The van der Waals surface area contributed by atoms with E-state index in [1.807, 2.05) is 11.8 Å². The Morgan fingerprint density at radius 3 is 2.67 bits per heavy atom. The van der Waals surface area contributed by atoms with Crippen LogP contribution in [0.1, 0.15) is 18.4 Å². The maximum atomic E-state index is 6.18. The molecule has 0 aliphatic carbocycles. The predicted molar refractivity (Wildman–Crippen MR) is 83.2 cm³/mol. The number of nitrogens with two attached hydrogens (primary N) is 1. The van der Waals surface area contributed by atoms with Crippen LogP contribution in [0.2, 0.25) is 0 Å². The van der Waals surface area contributed by atoms with Gasteiger partial charge in [-0.2, -0.15) is 11.8 Å². The Bertz CT molecular complexity index is 303. The highest BCUT2D eigenvalue weighted by Crippen LogP contribution is 2.05. The van der Waals surface area contributed by atoms with E-state index in [1.165, 1.54) is 17.7 Å². The molecule has 1 rings (SSSR count). The summed E-state index contributed by atoms with van der Waals surface area (Å²) in [6.07, 6.45) is 5.56. The summed E-state index contributed by atoms with van der Waals surface area (Å²) in [7, 11) is 2.17. The summed E-state index contributed by atoms with van der Waals surface area (Å²) in [5, 5.41) is 0. The van der Waals surface area contributed by atoms with Gasteiger partial charge in [0, 0.05) is 12.6 Å². The summed E-state index contributed by atoms with van der Waals surface area (Å²) in [6.45, 7) is 2.15. The molecule has 0 saturated heterocycles. The van der Waals surface area contributed by atoms with E-state index in [0.717, 1.165) is 25.9 Å². The van der Waals surface area contributed by atoms with Crippen LogP contribution in [0, 0.1) is 0 Å². The van der Waals surface area contributed by atoms with E-state index in [1.54, 1.807) is 0 Å². The van der Waals surface area contributed by atoms with Crippen LogP contribution in [-0.2, 0) is 6.42 Å². The SMILES string of the molecule is CSCCCN(C)C[C@@H](N)CCc1ccccc1. The minimum Gasteiger partial charge on any atom is -0.327 e. The first-order chi connectivity index (χ1) is 8.72. The van der Waals surface area contributed by atoms with Crippen LogP contribution in [0.15, 0.2) is 30.3 Å². The van der Waals surface area contributed by atoms with Gasteiger partial charge in [0.25, 0.3) is 0 Å². The molecule has 0 heterocycles. The minimum absolute atomic E-state index is 0.282. The predicted octanol–water partition coefficient (Wildman–Crippen LogP) is 2.63. The van der Waals surface area contributed by atoms with Gasteiger partial charge in [-0.05, 0) is 50.4 Å². The van der Waals surface area contributed by atoms with Gasteiger partial charge in [-0.1, -0.05) is 30.3 Å². The Balaban J connectivity index is 2.15. The lowest BCUT2D eigenvalue weighted by Crippen LogP contribution is -2.36. The Hall–Kier alpha value is -0.510. The number of likely N-dealkylation sites (N-methyl/N-ethyl adjacent to an activating group) is 1. The summed E-state index contributed by atoms with van der Waals surface area (Å²) in [5.41, 5.74) is 7.57. The third-order valence-corrected chi connectivity index (χ3v) is 3.78. The topological polar surface area (TPSA) is 29.3 Å². The van der Waals surface area contributed by atoms with E-state index < -0.39 is 0 Å². The van der Waals surface area contributed by atoms with Crippen LogP contribution < -0.4 is 5.73 Å². The Kier molecular flexibility index (Phi) is 8.14. The highest BCUT2D eigenvalue weighted by atomic mass is 32.2. The Labute approximate surface area is 116 Å². The van der Waals surface area contributed by atoms with Gasteiger partial charge in [-0.3, -0.25) is 0 Å². The molecule has 3 heteroatoms. The average Bonchev–Trinajstić information content (AvgIpc) is 2.38. The summed E-state index contributed by atoms with van der Waals surface area (Å²) in [6, 6.07) is 10.9. The van der Waals surface area contributed by atoms with Crippen LogP contribution in [0.3, 0.4) is 0 Å². The number of thioether (sulfide) groups is 1. The molecule has 0 spiro atoms. The first-order valence-electron chi connectivity index (χ1n) is 6.69. The van der Waals surface area contributed by atoms with Gasteiger partial charge in [0.15, 0.2) is 0 Å². The number of hydrogen-bond donors (Lipinski definition) is 1. The van der Waals surface area contributed by atoms with Crippen molar-refractivity contribution in [3.63, 3.8) is 0 Å². The smallest absolute Gasteiger partial charge is 0.0170 e. The van der Waals surface area contributed by atoms with E-state index in [0.29, 0.717) is 0 Å². The van der Waals surface area contributed by atoms with Crippen molar-refractivity contribution in [2.75, 3.05) is 32.1 Å². The molecule has 0 unspecified atom stereocenters. The van der Waals surface area contributed by atoms with Gasteiger partial charge in [0.2, 0.25) is 0 Å². The van der Waals surface area contributed by atoms with Gasteiger partial charge in [0.05, 0.1) is 0 Å². The first-order valence-corrected chi connectivity index (χ1v) is 8.08. The van der Waals surface area contributed by atoms with Crippen molar-refractivity contribution in [3.05, 3.63) is 35.9 Å². The Morgan fingerprint density at radius 2 is 2.00 bits per heavy atom. The average molecular weight is 266 g/mol. The molecule has 18 heavy (non-hydrogen) atoms. The normalized spacial score (nSPS) is 12.9. The van der Waals surface area contributed by atoms with Crippen LogP contribution >= 0.6 is 11.8 Å². The minimum atomic E-state index is 0.282.